The average Bonchev–Trinajstić information content (AvgIpc) is 2.90. The fourth-order valence-electron chi connectivity index (χ4n) is 7.94. The van der Waals surface area contributed by atoms with Crippen molar-refractivity contribution >= 4 is 20.4 Å². The number of allylic oxidation sites excluding steroid dienone is 6. The number of nitrogens with one attached hydrogen (secondary N) is 1. The molecule has 0 heterocycles. The standard InChI is InChI=1S/C31H49B2NO/c1-3-5-17-26(14-4-2)32-27-20-12-15-25(16-13-21-27)30-22-31(23-30,24-30)34-29(35)33-28-18-10-8-6-7-9-11-19-28/h3-5,14,17,25,27-28H,6-13,15-16,18-24H2,1-2H3,(H,34,35)/b5-3-,14-4-,26-17+. The Balaban J connectivity index is 1.18. The Bertz CT molecular complexity index is 745. The zero-order valence-electron chi connectivity index (χ0n) is 22.7. The lowest BCUT2D eigenvalue weighted by molar-refractivity contribution is -0.188. The molecule has 5 saturated carbocycles. The first-order valence-corrected chi connectivity index (χ1v) is 15.0. The van der Waals surface area contributed by atoms with Crippen molar-refractivity contribution in [1.82, 2.24) is 5.32 Å². The molecule has 4 heteroatoms. The minimum absolute atomic E-state index is 0.156. The summed E-state index contributed by atoms with van der Waals surface area (Å²) in [5.41, 5.74) is 2.07. The number of hydrogen-bond donors (Lipinski definition) is 1. The van der Waals surface area contributed by atoms with Crippen LogP contribution in [0.1, 0.15) is 123 Å². The van der Waals surface area contributed by atoms with Gasteiger partial charge in [0.25, 0.3) is 0 Å². The van der Waals surface area contributed by atoms with Crippen LogP contribution in [0.4, 0.5) is 4.79 Å². The van der Waals surface area contributed by atoms with Crippen LogP contribution in [0, 0.1) is 11.3 Å². The van der Waals surface area contributed by atoms with Gasteiger partial charge < -0.3 is 5.32 Å². The molecule has 5 fully saturated rings. The molecule has 0 aromatic heterocycles. The molecular weight excluding hydrogens is 424 g/mol. The van der Waals surface area contributed by atoms with Gasteiger partial charge in [-0.05, 0) is 57.3 Å². The van der Waals surface area contributed by atoms with Gasteiger partial charge in [-0.25, -0.2) is 0 Å². The molecule has 1 N–H and O–H groups in total. The van der Waals surface area contributed by atoms with Crippen molar-refractivity contribution in [3.8, 4) is 0 Å². The Morgan fingerprint density at radius 3 is 1.91 bits per heavy atom. The molecule has 190 valence electrons. The first kappa shape index (κ1) is 26.9. The minimum atomic E-state index is 0.156. The highest BCUT2D eigenvalue weighted by atomic mass is 16.1. The summed E-state index contributed by atoms with van der Waals surface area (Å²) < 4.78 is 0. The van der Waals surface area contributed by atoms with Crippen molar-refractivity contribution in [2.24, 2.45) is 11.3 Å². The first-order chi connectivity index (χ1) is 17.1. The topological polar surface area (TPSA) is 29.1 Å². The molecule has 0 atom stereocenters. The second-order valence-electron chi connectivity index (χ2n) is 12.5. The van der Waals surface area contributed by atoms with Crippen molar-refractivity contribution < 1.29 is 4.79 Å². The van der Waals surface area contributed by atoms with Gasteiger partial charge in [-0.3, -0.25) is 4.79 Å². The number of amides is 1. The normalized spacial score (nSPS) is 35.1. The maximum Gasteiger partial charge on any atom is 0.236 e. The summed E-state index contributed by atoms with van der Waals surface area (Å²) in [5, 5.41) is 3.49. The third-order valence-corrected chi connectivity index (χ3v) is 9.64. The largest absolute Gasteiger partial charge is 0.360 e. The smallest absolute Gasteiger partial charge is 0.236 e. The van der Waals surface area contributed by atoms with Gasteiger partial charge in [0.1, 0.15) is 0 Å². The van der Waals surface area contributed by atoms with E-state index in [0.717, 1.165) is 11.7 Å². The van der Waals surface area contributed by atoms with Crippen LogP contribution in [0.15, 0.2) is 35.9 Å². The maximum atomic E-state index is 12.9. The van der Waals surface area contributed by atoms with E-state index in [4.69, 9.17) is 0 Å². The summed E-state index contributed by atoms with van der Waals surface area (Å²) >= 11 is 0. The van der Waals surface area contributed by atoms with E-state index in [-0.39, 0.29) is 11.3 Å². The van der Waals surface area contributed by atoms with Crippen LogP contribution < -0.4 is 5.32 Å². The van der Waals surface area contributed by atoms with E-state index < -0.39 is 0 Å². The lowest BCUT2D eigenvalue weighted by Gasteiger charge is -2.74. The van der Waals surface area contributed by atoms with Crippen LogP contribution in [0.2, 0.25) is 11.6 Å². The summed E-state index contributed by atoms with van der Waals surface area (Å²) in [4.78, 5) is 12.9. The molecule has 0 spiro atoms. The summed E-state index contributed by atoms with van der Waals surface area (Å²) in [5.74, 6) is 2.34. The van der Waals surface area contributed by atoms with E-state index in [0.29, 0.717) is 11.2 Å². The predicted molar refractivity (Wildman–Crippen MR) is 152 cm³/mol. The Hall–Kier alpha value is -1.18. The minimum Gasteiger partial charge on any atom is -0.360 e. The van der Waals surface area contributed by atoms with Crippen LogP contribution in [0.25, 0.3) is 0 Å². The molecule has 2 nitrogen and oxygen atoms in total. The second-order valence-corrected chi connectivity index (χ2v) is 12.5. The van der Waals surface area contributed by atoms with Crippen LogP contribution in [-0.2, 0) is 0 Å². The van der Waals surface area contributed by atoms with Gasteiger partial charge in [0, 0.05) is 5.54 Å². The third kappa shape index (κ3) is 7.20. The molecule has 0 aromatic rings. The van der Waals surface area contributed by atoms with E-state index >= 15 is 0 Å². The number of carbonyl (C=O) groups is 1. The van der Waals surface area contributed by atoms with Crippen molar-refractivity contribution in [2.45, 2.75) is 140 Å². The Labute approximate surface area is 217 Å². The molecular formula is C31H49B2NO. The molecule has 1 amide bonds. The van der Waals surface area contributed by atoms with Gasteiger partial charge in [0.15, 0.2) is 13.1 Å². The molecule has 5 aliphatic rings. The zero-order chi connectivity index (χ0) is 24.6. The van der Waals surface area contributed by atoms with Gasteiger partial charge in [-0.2, -0.15) is 0 Å². The Morgan fingerprint density at radius 2 is 1.31 bits per heavy atom. The molecule has 2 bridgehead atoms. The van der Waals surface area contributed by atoms with Gasteiger partial charge in [0.05, 0.1) is 0 Å². The maximum absolute atomic E-state index is 12.9. The summed E-state index contributed by atoms with van der Waals surface area (Å²) in [6.45, 7) is 4.19. The van der Waals surface area contributed by atoms with Gasteiger partial charge in [-0.15, -0.1) is 0 Å². The predicted octanol–water partition coefficient (Wildman–Crippen LogP) is 8.75. The molecule has 0 saturated heterocycles. The lowest BCUT2D eigenvalue weighted by atomic mass is 9.34. The monoisotopic (exact) mass is 473 g/mol. The van der Waals surface area contributed by atoms with Crippen molar-refractivity contribution in [3.63, 3.8) is 0 Å². The van der Waals surface area contributed by atoms with Crippen LogP contribution in [-0.4, -0.2) is 25.9 Å². The number of carbonyl (C=O) groups excluding carboxylic acids is 1. The van der Waals surface area contributed by atoms with E-state index in [1.807, 2.05) is 0 Å². The summed E-state index contributed by atoms with van der Waals surface area (Å²) in [7, 11) is 4.58. The molecule has 0 unspecified atom stereocenters. The van der Waals surface area contributed by atoms with Gasteiger partial charge in [-0.1, -0.05) is 125 Å². The van der Waals surface area contributed by atoms with E-state index in [1.165, 1.54) is 115 Å². The molecule has 0 aromatic carbocycles. The number of rotatable bonds is 8. The average molecular weight is 473 g/mol. The molecule has 35 heavy (non-hydrogen) atoms. The Kier molecular flexibility index (Phi) is 9.88. The van der Waals surface area contributed by atoms with E-state index in [9.17, 15) is 4.79 Å². The molecule has 5 rings (SSSR count). The number of hydrogen-bond acceptors (Lipinski definition) is 1. The third-order valence-electron chi connectivity index (χ3n) is 9.64. The zero-order valence-corrected chi connectivity index (χ0v) is 22.7. The summed E-state index contributed by atoms with van der Waals surface area (Å²) in [6, 6.07) is 0. The van der Waals surface area contributed by atoms with Crippen LogP contribution in [0.3, 0.4) is 0 Å². The van der Waals surface area contributed by atoms with Crippen molar-refractivity contribution in [2.75, 3.05) is 0 Å². The summed E-state index contributed by atoms with van der Waals surface area (Å²) in [6.07, 6.45) is 33.3. The highest BCUT2D eigenvalue weighted by Gasteiger charge is 2.70. The molecule has 5 aliphatic carbocycles. The van der Waals surface area contributed by atoms with Crippen LogP contribution >= 0.6 is 0 Å². The second kappa shape index (κ2) is 12.9. The van der Waals surface area contributed by atoms with Crippen LogP contribution in [0.5, 0.6) is 0 Å². The van der Waals surface area contributed by atoms with E-state index in [1.54, 1.807) is 0 Å². The van der Waals surface area contributed by atoms with Crippen molar-refractivity contribution in [3.05, 3.63) is 35.9 Å². The fraction of sp³-hybridized carbons (Fsp3) is 0.774. The highest BCUT2D eigenvalue weighted by Crippen LogP contribution is 2.72. The molecule has 2 radical (unpaired) electrons. The first-order valence-electron chi connectivity index (χ1n) is 15.0. The SMILES string of the molecule is C\C=C/C=C([B]C1CCCC(C23CC(NC(=O)[B]C4CCCCCCCC4)(C2)C3)CCC1)\C=C/C. The van der Waals surface area contributed by atoms with Gasteiger partial charge >= 0.3 is 0 Å². The lowest BCUT2D eigenvalue weighted by Crippen LogP contribution is -2.76. The quantitative estimate of drug-likeness (QED) is 0.277. The van der Waals surface area contributed by atoms with E-state index in [2.05, 4.69) is 64.1 Å². The highest BCUT2D eigenvalue weighted by molar-refractivity contribution is 6.74. The fourth-order valence-corrected chi connectivity index (χ4v) is 7.94. The van der Waals surface area contributed by atoms with Gasteiger partial charge in [0.2, 0.25) is 7.28 Å². The van der Waals surface area contributed by atoms with Crippen molar-refractivity contribution in [1.29, 1.82) is 0 Å². The molecule has 0 aliphatic heterocycles. The Morgan fingerprint density at radius 1 is 0.743 bits per heavy atom.